The van der Waals surface area contributed by atoms with Crippen LogP contribution in [0, 0.1) is 5.92 Å². The van der Waals surface area contributed by atoms with Crippen LogP contribution in [-0.4, -0.2) is 60.9 Å². The quantitative estimate of drug-likeness (QED) is 0.196. The number of unbranched alkanes of at least 4 members (excludes halogenated alkanes) is 4. The van der Waals surface area contributed by atoms with Gasteiger partial charge in [-0.3, -0.25) is 9.59 Å². The van der Waals surface area contributed by atoms with Crippen LogP contribution in [0.4, 0.5) is 10.5 Å². The van der Waals surface area contributed by atoms with Gasteiger partial charge in [0.25, 0.3) is 0 Å². The molecule has 3 rings (SSSR count). The third-order valence-electron chi connectivity index (χ3n) is 7.96. The average molecular weight is 639 g/mol. The second-order valence-corrected chi connectivity index (χ2v) is 13.6. The van der Waals surface area contributed by atoms with Gasteiger partial charge in [-0.2, -0.15) is 0 Å². The minimum absolute atomic E-state index is 0.0426. The molecule has 3 amide bonds. The van der Waals surface area contributed by atoms with E-state index >= 15 is 0 Å². The van der Waals surface area contributed by atoms with E-state index in [0.29, 0.717) is 38.3 Å². The number of nitrogens with one attached hydrogen (secondary N) is 3. The molecular formula is C36H54N4O6. The van der Waals surface area contributed by atoms with Gasteiger partial charge in [0.05, 0.1) is 19.3 Å². The van der Waals surface area contributed by atoms with E-state index in [-0.39, 0.29) is 48.1 Å². The lowest BCUT2D eigenvalue weighted by Gasteiger charge is -2.37. The topological polar surface area (TPSA) is 129 Å². The number of carbonyl (C=O) groups is 3. The Labute approximate surface area is 274 Å². The van der Waals surface area contributed by atoms with Crippen LogP contribution in [0.25, 0.3) is 0 Å². The summed E-state index contributed by atoms with van der Waals surface area (Å²) in [7, 11) is 1.93. The van der Waals surface area contributed by atoms with E-state index in [1.54, 1.807) is 0 Å². The molecule has 1 aliphatic heterocycles. The lowest BCUT2D eigenvalue weighted by molar-refractivity contribution is -0.124. The minimum Gasteiger partial charge on any atom is -0.489 e. The van der Waals surface area contributed by atoms with Gasteiger partial charge in [-0.05, 0) is 68.7 Å². The Kier molecular flexibility index (Phi) is 14.2. The maximum atomic E-state index is 12.9. The molecular weight excluding hydrogens is 584 g/mol. The summed E-state index contributed by atoms with van der Waals surface area (Å²) in [5, 5.41) is 18.6. The summed E-state index contributed by atoms with van der Waals surface area (Å²) in [6.45, 7) is 10.9. The Bertz CT molecular complexity index is 1270. The molecule has 10 heteroatoms. The SMILES string of the molecule is CC(C)[C@H]1C(=O)N[C@H](CO)Cc2ccc(OCc3ccc(CNC(=O)CCCCCCCOC(=O)NC(C)(C)C)cc3)cc2N1C. The molecule has 2 aromatic carbocycles. The predicted molar refractivity (Wildman–Crippen MR) is 181 cm³/mol. The molecule has 4 N–H and O–H groups in total. The highest BCUT2D eigenvalue weighted by molar-refractivity contribution is 5.86. The normalized spacial score (nSPS) is 16.6. The van der Waals surface area contributed by atoms with Gasteiger partial charge in [-0.25, -0.2) is 4.79 Å². The lowest BCUT2D eigenvalue weighted by atomic mass is 9.95. The molecule has 46 heavy (non-hydrogen) atoms. The van der Waals surface area contributed by atoms with Crippen LogP contribution in [0.3, 0.4) is 0 Å². The first kappa shape index (κ1) is 36.7. The zero-order chi connectivity index (χ0) is 33.7. The molecule has 0 fully saturated rings. The van der Waals surface area contributed by atoms with Crippen LogP contribution in [0.2, 0.25) is 0 Å². The Morgan fingerprint density at radius 2 is 1.70 bits per heavy atom. The highest BCUT2D eigenvalue weighted by atomic mass is 16.5. The van der Waals surface area contributed by atoms with Crippen LogP contribution in [0.1, 0.15) is 89.8 Å². The number of likely N-dealkylation sites (N-methyl/N-ethyl adjacent to an activating group) is 1. The fourth-order valence-corrected chi connectivity index (χ4v) is 5.56. The summed E-state index contributed by atoms with van der Waals surface area (Å²) in [5.74, 6) is 0.756. The second-order valence-electron chi connectivity index (χ2n) is 13.6. The highest BCUT2D eigenvalue weighted by Gasteiger charge is 2.32. The summed E-state index contributed by atoms with van der Waals surface area (Å²) in [4.78, 5) is 38.9. The third-order valence-corrected chi connectivity index (χ3v) is 7.96. The number of fused-ring (bicyclic) bond motifs is 1. The van der Waals surface area contributed by atoms with Crippen molar-refractivity contribution in [3.63, 3.8) is 0 Å². The zero-order valence-corrected chi connectivity index (χ0v) is 28.5. The number of hydrogen-bond acceptors (Lipinski definition) is 7. The molecule has 0 bridgehead atoms. The number of ether oxygens (including phenoxy) is 2. The van der Waals surface area contributed by atoms with Crippen molar-refractivity contribution in [2.75, 3.05) is 25.2 Å². The first-order chi connectivity index (χ1) is 21.9. The summed E-state index contributed by atoms with van der Waals surface area (Å²) in [5.41, 5.74) is 3.71. The molecule has 10 nitrogen and oxygen atoms in total. The van der Waals surface area contributed by atoms with Gasteiger partial charge in [0.1, 0.15) is 18.4 Å². The smallest absolute Gasteiger partial charge is 0.407 e. The number of hydrogen-bond donors (Lipinski definition) is 4. The van der Waals surface area contributed by atoms with Crippen LogP contribution < -0.4 is 25.6 Å². The van der Waals surface area contributed by atoms with Crippen molar-refractivity contribution >= 4 is 23.6 Å². The number of amides is 3. The number of carbonyl (C=O) groups excluding carboxylic acids is 3. The van der Waals surface area contributed by atoms with Crippen molar-refractivity contribution in [3.05, 3.63) is 59.2 Å². The highest BCUT2D eigenvalue weighted by Crippen LogP contribution is 2.31. The molecule has 0 radical (unpaired) electrons. The number of aliphatic hydroxyl groups excluding tert-OH is 1. The van der Waals surface area contributed by atoms with Crippen LogP contribution >= 0.6 is 0 Å². The number of anilines is 1. The summed E-state index contributed by atoms with van der Waals surface area (Å²) in [6.07, 6.45) is 5.24. The van der Waals surface area contributed by atoms with Crippen molar-refractivity contribution in [1.29, 1.82) is 0 Å². The zero-order valence-electron chi connectivity index (χ0n) is 28.5. The standard InChI is InChI=1S/C36H54N4O6/c1-25(2)33-34(43)38-29(23-41)20-28-17-18-30(21-31(28)40(33)6)46-24-27-15-13-26(14-16-27)22-37-32(42)12-10-8-7-9-11-19-45-35(44)39-36(3,4)5/h13-18,21,25,29,33,41H,7-12,19-20,22-24H2,1-6H3,(H,37,42)(H,38,43)(H,39,44)/t29-,33-/m0/s1. The van der Waals surface area contributed by atoms with Crippen molar-refractivity contribution < 1.29 is 29.0 Å². The predicted octanol–water partition coefficient (Wildman–Crippen LogP) is 5.24. The van der Waals surface area contributed by atoms with E-state index in [0.717, 1.165) is 54.5 Å². The van der Waals surface area contributed by atoms with Crippen molar-refractivity contribution in [2.45, 2.75) is 110 Å². The third kappa shape index (κ3) is 12.2. The fraction of sp³-hybridized carbons (Fsp3) is 0.583. The Morgan fingerprint density at radius 1 is 1.02 bits per heavy atom. The molecule has 2 aromatic rings. The molecule has 1 aliphatic rings. The van der Waals surface area contributed by atoms with E-state index in [1.807, 2.05) is 89.0 Å². The monoisotopic (exact) mass is 638 g/mol. The second kappa shape index (κ2) is 17.8. The van der Waals surface area contributed by atoms with Crippen LogP contribution in [0.5, 0.6) is 5.75 Å². The van der Waals surface area contributed by atoms with E-state index in [4.69, 9.17) is 9.47 Å². The fourth-order valence-electron chi connectivity index (χ4n) is 5.56. The van der Waals surface area contributed by atoms with E-state index < -0.39 is 0 Å². The minimum atomic E-state index is -0.381. The van der Waals surface area contributed by atoms with Gasteiger partial charge in [0.15, 0.2) is 0 Å². The number of alkyl carbamates (subject to hydrolysis) is 1. The van der Waals surface area contributed by atoms with Crippen molar-refractivity contribution in [1.82, 2.24) is 16.0 Å². The number of aliphatic hydroxyl groups is 1. The maximum absolute atomic E-state index is 12.9. The molecule has 0 aromatic heterocycles. The molecule has 0 aliphatic carbocycles. The van der Waals surface area contributed by atoms with Crippen molar-refractivity contribution in [2.24, 2.45) is 5.92 Å². The van der Waals surface area contributed by atoms with Gasteiger partial charge in [0, 0.05) is 37.3 Å². The summed E-state index contributed by atoms with van der Waals surface area (Å²) in [6, 6.07) is 13.2. The molecule has 0 saturated heterocycles. The Hall–Kier alpha value is -3.79. The maximum Gasteiger partial charge on any atom is 0.407 e. The summed E-state index contributed by atoms with van der Waals surface area (Å²) < 4.78 is 11.3. The molecule has 254 valence electrons. The molecule has 0 saturated carbocycles. The van der Waals surface area contributed by atoms with Crippen LogP contribution in [-0.2, 0) is 33.9 Å². The van der Waals surface area contributed by atoms with Gasteiger partial charge in [-0.15, -0.1) is 0 Å². The number of nitrogens with zero attached hydrogens (tertiary/aromatic N) is 1. The number of benzene rings is 2. The molecule has 1 heterocycles. The first-order valence-corrected chi connectivity index (χ1v) is 16.6. The molecule has 2 atom stereocenters. The van der Waals surface area contributed by atoms with Crippen LogP contribution in [0.15, 0.2) is 42.5 Å². The van der Waals surface area contributed by atoms with E-state index in [2.05, 4.69) is 16.0 Å². The van der Waals surface area contributed by atoms with E-state index in [1.165, 1.54) is 0 Å². The number of rotatable bonds is 15. The van der Waals surface area contributed by atoms with Gasteiger partial charge < -0.3 is 35.4 Å². The van der Waals surface area contributed by atoms with Gasteiger partial charge in [-0.1, -0.05) is 63.4 Å². The van der Waals surface area contributed by atoms with Gasteiger partial charge >= 0.3 is 6.09 Å². The Morgan fingerprint density at radius 3 is 2.37 bits per heavy atom. The summed E-state index contributed by atoms with van der Waals surface area (Å²) >= 11 is 0. The van der Waals surface area contributed by atoms with Crippen molar-refractivity contribution in [3.8, 4) is 5.75 Å². The average Bonchev–Trinajstić information content (AvgIpc) is 2.99. The lowest BCUT2D eigenvalue weighted by Crippen LogP contribution is -2.54. The molecule has 0 spiro atoms. The largest absolute Gasteiger partial charge is 0.489 e. The first-order valence-electron chi connectivity index (χ1n) is 16.6. The van der Waals surface area contributed by atoms with Gasteiger partial charge in [0.2, 0.25) is 11.8 Å². The van der Waals surface area contributed by atoms with E-state index in [9.17, 15) is 19.5 Å². The Balaban J connectivity index is 1.38. The molecule has 0 unspecified atom stereocenters.